The number of aliphatic hydroxyl groups excluding tert-OH is 1. The van der Waals surface area contributed by atoms with Gasteiger partial charge in [0.05, 0.1) is 18.2 Å². The number of amidine groups is 1. The summed E-state index contributed by atoms with van der Waals surface area (Å²) in [5.74, 6) is 1.88. The number of nitrogens with zero attached hydrogens (tertiary/aromatic N) is 2. The number of ether oxygens (including phenoxy) is 1. The average molecular weight is 301 g/mol. The highest BCUT2D eigenvalue weighted by Crippen LogP contribution is 2.32. The molecule has 0 saturated carbocycles. The molecule has 2 aliphatic rings. The molecule has 118 valence electrons. The first-order valence-corrected chi connectivity index (χ1v) is 7.76. The van der Waals surface area contributed by atoms with Crippen molar-refractivity contribution in [2.75, 3.05) is 33.3 Å². The summed E-state index contributed by atoms with van der Waals surface area (Å²) in [6, 6.07) is 6.19. The van der Waals surface area contributed by atoms with Gasteiger partial charge in [-0.25, -0.2) is 0 Å². The highest BCUT2D eigenvalue weighted by molar-refractivity contribution is 6.02. The molecule has 22 heavy (non-hydrogen) atoms. The normalized spacial score (nSPS) is 27.0. The molecule has 2 heterocycles. The van der Waals surface area contributed by atoms with Crippen molar-refractivity contribution in [3.8, 4) is 5.75 Å². The van der Waals surface area contributed by atoms with E-state index in [0.29, 0.717) is 13.2 Å². The number of β-amino-alcohol motifs (C(OH)–C–C–N with tert-alkyl or cyclic N) is 1. The summed E-state index contributed by atoms with van der Waals surface area (Å²) in [6.07, 6.45) is 2.38. The molecule has 0 aromatic heterocycles. The minimum absolute atomic E-state index is 0.163. The van der Waals surface area contributed by atoms with Crippen molar-refractivity contribution in [1.29, 1.82) is 0 Å². The molecular formula is C17H23N3O2. The van der Waals surface area contributed by atoms with E-state index in [2.05, 4.69) is 29.0 Å². The van der Waals surface area contributed by atoms with Crippen LogP contribution in [0.1, 0.15) is 23.5 Å². The molecular weight excluding hydrogens is 278 g/mol. The molecule has 0 spiro atoms. The van der Waals surface area contributed by atoms with Crippen LogP contribution in [0.25, 0.3) is 0 Å². The summed E-state index contributed by atoms with van der Waals surface area (Å²) in [5.41, 5.74) is 2.11. The molecule has 1 aromatic carbocycles. The summed E-state index contributed by atoms with van der Waals surface area (Å²) in [6.45, 7) is 6.76. The van der Waals surface area contributed by atoms with Crippen molar-refractivity contribution in [3.63, 3.8) is 0 Å². The van der Waals surface area contributed by atoms with Crippen molar-refractivity contribution in [2.45, 2.75) is 18.4 Å². The maximum Gasteiger partial charge on any atom is 0.138 e. The lowest BCUT2D eigenvalue weighted by Crippen LogP contribution is -2.39. The lowest BCUT2D eigenvalue weighted by molar-refractivity contribution is 0.118. The molecule has 3 rings (SSSR count). The first-order valence-electron chi connectivity index (χ1n) is 7.76. The zero-order chi connectivity index (χ0) is 15.5. The molecule has 1 saturated heterocycles. The summed E-state index contributed by atoms with van der Waals surface area (Å²) in [7, 11) is 1.78. The first kappa shape index (κ1) is 15.1. The first-order chi connectivity index (χ1) is 10.7. The van der Waals surface area contributed by atoms with Gasteiger partial charge >= 0.3 is 0 Å². The average Bonchev–Trinajstić information content (AvgIpc) is 2.73. The predicted octanol–water partition coefficient (Wildman–Crippen LogP) is 1.34. The van der Waals surface area contributed by atoms with E-state index in [-0.39, 0.29) is 12.0 Å². The number of hydrogen-bond acceptors (Lipinski definition) is 4. The predicted molar refractivity (Wildman–Crippen MR) is 87.5 cm³/mol. The monoisotopic (exact) mass is 301 g/mol. The Labute approximate surface area is 131 Å². The SMILES string of the molecule is C=CN1CCOc2cc(C3CCNCC3O)ccc2C1=NC. The number of aliphatic hydroxyl groups is 1. The molecule has 1 aromatic rings. The van der Waals surface area contributed by atoms with Gasteiger partial charge < -0.3 is 20.1 Å². The van der Waals surface area contributed by atoms with Gasteiger partial charge in [-0.05, 0) is 36.9 Å². The number of piperidine rings is 1. The molecule has 5 nitrogen and oxygen atoms in total. The molecule has 2 N–H and O–H groups in total. The molecule has 2 aliphatic heterocycles. The second kappa shape index (κ2) is 6.50. The molecule has 2 unspecified atom stereocenters. The Morgan fingerprint density at radius 1 is 1.50 bits per heavy atom. The molecule has 0 amide bonds. The van der Waals surface area contributed by atoms with Gasteiger partial charge in [0.2, 0.25) is 0 Å². The van der Waals surface area contributed by atoms with Crippen molar-refractivity contribution < 1.29 is 9.84 Å². The second-order valence-electron chi connectivity index (χ2n) is 5.69. The fourth-order valence-corrected chi connectivity index (χ4v) is 3.25. The Hall–Kier alpha value is -1.85. The van der Waals surface area contributed by atoms with Crippen molar-refractivity contribution in [3.05, 3.63) is 42.1 Å². The minimum Gasteiger partial charge on any atom is -0.491 e. The largest absolute Gasteiger partial charge is 0.491 e. The highest BCUT2D eigenvalue weighted by Gasteiger charge is 2.27. The third kappa shape index (κ3) is 2.74. The zero-order valence-corrected chi connectivity index (χ0v) is 13.0. The molecule has 1 fully saturated rings. The van der Waals surface area contributed by atoms with E-state index in [9.17, 15) is 5.11 Å². The van der Waals surface area contributed by atoms with Crippen LogP contribution in [0.3, 0.4) is 0 Å². The van der Waals surface area contributed by atoms with Crippen molar-refractivity contribution in [2.24, 2.45) is 4.99 Å². The number of nitrogens with one attached hydrogen (secondary N) is 1. The number of hydrogen-bond donors (Lipinski definition) is 2. The lowest BCUT2D eigenvalue weighted by Gasteiger charge is -2.29. The van der Waals surface area contributed by atoms with Gasteiger partial charge in [-0.15, -0.1) is 0 Å². The topological polar surface area (TPSA) is 57.1 Å². The quantitative estimate of drug-likeness (QED) is 0.865. The summed E-state index contributed by atoms with van der Waals surface area (Å²) < 4.78 is 5.91. The van der Waals surface area contributed by atoms with Gasteiger partial charge in [-0.3, -0.25) is 4.99 Å². The van der Waals surface area contributed by atoms with Crippen LogP contribution in [0.5, 0.6) is 5.75 Å². The molecule has 0 radical (unpaired) electrons. The van der Waals surface area contributed by atoms with Gasteiger partial charge in [0, 0.05) is 19.5 Å². The van der Waals surface area contributed by atoms with Crippen LogP contribution in [0, 0.1) is 0 Å². The molecule has 2 atom stereocenters. The Morgan fingerprint density at radius 2 is 2.36 bits per heavy atom. The van der Waals surface area contributed by atoms with Crippen LogP contribution in [0.2, 0.25) is 0 Å². The summed E-state index contributed by atoms with van der Waals surface area (Å²) >= 11 is 0. The Bertz CT molecular complexity index is 585. The number of benzene rings is 1. The standard InChI is InChI=1S/C17H23N3O2/c1-3-20-8-9-22-16-10-12(4-5-14(16)17(20)18-2)13-6-7-19-11-15(13)21/h3-5,10,13,15,19,21H,1,6-9,11H2,2H3. The fraction of sp³-hybridized carbons (Fsp3) is 0.471. The van der Waals surface area contributed by atoms with Crippen LogP contribution >= 0.6 is 0 Å². The number of aliphatic imine (C=N–C) groups is 1. The second-order valence-corrected chi connectivity index (χ2v) is 5.69. The van der Waals surface area contributed by atoms with E-state index >= 15 is 0 Å². The van der Waals surface area contributed by atoms with E-state index < -0.39 is 0 Å². The lowest BCUT2D eigenvalue weighted by atomic mass is 9.87. The number of fused-ring (bicyclic) bond motifs is 1. The van der Waals surface area contributed by atoms with Gasteiger partial charge in [-0.1, -0.05) is 12.6 Å². The van der Waals surface area contributed by atoms with Gasteiger partial charge in [-0.2, -0.15) is 0 Å². The van der Waals surface area contributed by atoms with Crippen molar-refractivity contribution in [1.82, 2.24) is 10.2 Å². The number of rotatable bonds is 2. The maximum atomic E-state index is 10.2. The smallest absolute Gasteiger partial charge is 0.138 e. The van der Waals surface area contributed by atoms with E-state index in [1.54, 1.807) is 13.2 Å². The van der Waals surface area contributed by atoms with E-state index in [1.807, 2.05) is 11.0 Å². The van der Waals surface area contributed by atoms with Crippen LogP contribution < -0.4 is 10.1 Å². The Morgan fingerprint density at radius 3 is 3.09 bits per heavy atom. The fourth-order valence-electron chi connectivity index (χ4n) is 3.25. The molecule has 0 aliphatic carbocycles. The summed E-state index contributed by atoms with van der Waals surface area (Å²) in [5, 5.41) is 13.4. The van der Waals surface area contributed by atoms with Crippen LogP contribution in [-0.4, -0.2) is 55.2 Å². The van der Waals surface area contributed by atoms with E-state index in [1.165, 1.54) is 0 Å². The Kier molecular flexibility index (Phi) is 4.45. The van der Waals surface area contributed by atoms with Crippen LogP contribution in [0.15, 0.2) is 36.0 Å². The van der Waals surface area contributed by atoms with E-state index in [0.717, 1.165) is 42.2 Å². The highest BCUT2D eigenvalue weighted by atomic mass is 16.5. The van der Waals surface area contributed by atoms with Gasteiger partial charge in [0.15, 0.2) is 0 Å². The summed E-state index contributed by atoms with van der Waals surface area (Å²) in [4.78, 5) is 6.40. The van der Waals surface area contributed by atoms with Gasteiger partial charge in [0.25, 0.3) is 0 Å². The third-order valence-corrected chi connectivity index (χ3v) is 4.42. The van der Waals surface area contributed by atoms with Gasteiger partial charge in [0.1, 0.15) is 18.2 Å². The minimum atomic E-state index is -0.346. The molecule has 0 bridgehead atoms. The van der Waals surface area contributed by atoms with Crippen LogP contribution in [0.4, 0.5) is 0 Å². The maximum absolute atomic E-state index is 10.2. The molecule has 5 heteroatoms. The zero-order valence-electron chi connectivity index (χ0n) is 13.0. The third-order valence-electron chi connectivity index (χ3n) is 4.42. The van der Waals surface area contributed by atoms with Crippen LogP contribution in [-0.2, 0) is 0 Å². The van der Waals surface area contributed by atoms with Crippen molar-refractivity contribution >= 4 is 5.84 Å². The Balaban J connectivity index is 1.96. The van der Waals surface area contributed by atoms with E-state index in [4.69, 9.17) is 4.74 Å².